The van der Waals surface area contributed by atoms with Crippen LogP contribution in [0.5, 0.6) is 0 Å². The highest BCUT2D eigenvalue weighted by Crippen LogP contribution is 2.19. The van der Waals surface area contributed by atoms with Gasteiger partial charge in [0.05, 0.1) is 19.8 Å². The molecule has 2 saturated heterocycles. The molecular formula is C23H46IN5O3. The predicted octanol–water partition coefficient (Wildman–Crippen LogP) is 3.16. The Balaban J connectivity index is 0.00000512. The van der Waals surface area contributed by atoms with Gasteiger partial charge in [-0.25, -0.2) is 4.79 Å². The molecule has 9 heteroatoms. The number of nitrogens with one attached hydrogen (secondary N) is 2. The Morgan fingerprint density at radius 3 is 2.28 bits per heavy atom. The molecule has 1 unspecified atom stereocenters. The van der Waals surface area contributed by atoms with Gasteiger partial charge in [0.25, 0.3) is 0 Å². The number of nitrogens with zero attached hydrogens (tertiary/aromatic N) is 3. The van der Waals surface area contributed by atoms with Gasteiger partial charge in [0.1, 0.15) is 5.60 Å². The van der Waals surface area contributed by atoms with Crippen molar-refractivity contribution in [3.63, 3.8) is 0 Å². The number of amides is 1. The molecule has 0 aromatic rings. The highest BCUT2D eigenvalue weighted by atomic mass is 127. The van der Waals surface area contributed by atoms with E-state index in [1.807, 2.05) is 25.7 Å². The van der Waals surface area contributed by atoms with Gasteiger partial charge in [-0.05, 0) is 52.4 Å². The number of piperidine rings is 1. The molecule has 0 radical (unpaired) electrons. The van der Waals surface area contributed by atoms with Crippen LogP contribution in [-0.2, 0) is 9.47 Å². The standard InChI is InChI=1S/C23H45N5O3.HI/c1-7-24-21(26-17-20(18(2)3)27-12-14-30-15-13-27)25-16-19-8-10-28(11-9-19)22(29)31-23(4,5)6;/h18-20H,7-17H2,1-6H3,(H2,24,25,26);1H. The molecule has 188 valence electrons. The van der Waals surface area contributed by atoms with Gasteiger partial charge >= 0.3 is 6.09 Å². The first kappa shape index (κ1) is 29.2. The molecule has 0 aromatic carbocycles. The highest BCUT2D eigenvalue weighted by Gasteiger charge is 2.27. The maximum Gasteiger partial charge on any atom is 0.410 e. The lowest BCUT2D eigenvalue weighted by Crippen LogP contribution is -2.48. The normalized spacial score (nSPS) is 20.0. The second-order valence-electron chi connectivity index (χ2n) is 9.97. The van der Waals surface area contributed by atoms with E-state index in [1.165, 1.54) is 0 Å². The first-order chi connectivity index (χ1) is 14.7. The van der Waals surface area contributed by atoms with Crippen molar-refractivity contribution < 1.29 is 14.3 Å². The number of carbonyl (C=O) groups excluding carboxylic acids is 1. The van der Waals surface area contributed by atoms with Crippen LogP contribution < -0.4 is 10.6 Å². The minimum atomic E-state index is -0.443. The first-order valence-corrected chi connectivity index (χ1v) is 12.0. The van der Waals surface area contributed by atoms with Crippen LogP contribution in [0, 0.1) is 11.8 Å². The summed E-state index contributed by atoms with van der Waals surface area (Å²) >= 11 is 0. The van der Waals surface area contributed by atoms with E-state index in [-0.39, 0.29) is 30.1 Å². The summed E-state index contributed by atoms with van der Waals surface area (Å²) < 4.78 is 11.0. The van der Waals surface area contributed by atoms with Crippen LogP contribution >= 0.6 is 24.0 Å². The van der Waals surface area contributed by atoms with Gasteiger partial charge in [0.15, 0.2) is 5.96 Å². The fraction of sp³-hybridized carbons (Fsp3) is 0.913. The molecule has 32 heavy (non-hydrogen) atoms. The number of carbonyl (C=O) groups is 1. The Bertz CT molecular complexity index is 568. The van der Waals surface area contributed by atoms with Crippen molar-refractivity contribution in [2.45, 2.75) is 66.0 Å². The number of rotatable bonds is 7. The number of hydrogen-bond donors (Lipinski definition) is 2. The summed E-state index contributed by atoms with van der Waals surface area (Å²) in [5.74, 6) is 1.96. The summed E-state index contributed by atoms with van der Waals surface area (Å²) in [5.41, 5.74) is -0.443. The fourth-order valence-corrected chi connectivity index (χ4v) is 4.07. The Morgan fingerprint density at radius 1 is 1.12 bits per heavy atom. The Labute approximate surface area is 212 Å². The van der Waals surface area contributed by atoms with Gasteiger partial charge in [0.2, 0.25) is 0 Å². The van der Waals surface area contributed by atoms with E-state index < -0.39 is 5.60 Å². The quantitative estimate of drug-likeness (QED) is 0.280. The Morgan fingerprint density at radius 2 is 1.75 bits per heavy atom. The Hall–Kier alpha value is -0.810. The molecule has 2 fully saturated rings. The van der Waals surface area contributed by atoms with Gasteiger partial charge in [-0.2, -0.15) is 0 Å². The lowest BCUT2D eigenvalue weighted by molar-refractivity contribution is 0.00865. The number of likely N-dealkylation sites (tertiary alicyclic amines) is 1. The minimum absolute atomic E-state index is 0. The monoisotopic (exact) mass is 567 g/mol. The van der Waals surface area contributed by atoms with Gasteiger partial charge in [-0.1, -0.05) is 13.8 Å². The second kappa shape index (κ2) is 14.5. The highest BCUT2D eigenvalue weighted by molar-refractivity contribution is 14.0. The fourth-order valence-electron chi connectivity index (χ4n) is 4.07. The van der Waals surface area contributed by atoms with Crippen LogP contribution in [0.3, 0.4) is 0 Å². The molecule has 2 heterocycles. The van der Waals surface area contributed by atoms with E-state index in [0.29, 0.717) is 17.9 Å². The SMILES string of the molecule is CCNC(=NCC(C(C)C)N1CCOCC1)NCC1CCN(C(=O)OC(C)(C)C)CC1.I. The maximum absolute atomic E-state index is 12.3. The largest absolute Gasteiger partial charge is 0.444 e. The molecule has 2 aliphatic heterocycles. The van der Waals surface area contributed by atoms with Crippen molar-refractivity contribution in [3.05, 3.63) is 0 Å². The van der Waals surface area contributed by atoms with Gasteiger partial charge in [0, 0.05) is 45.3 Å². The summed E-state index contributed by atoms with van der Waals surface area (Å²) in [5, 5.41) is 6.91. The second-order valence-corrected chi connectivity index (χ2v) is 9.97. The van der Waals surface area contributed by atoms with Crippen molar-refractivity contribution >= 4 is 36.0 Å². The lowest BCUT2D eigenvalue weighted by Gasteiger charge is -2.36. The summed E-state index contributed by atoms with van der Waals surface area (Å²) in [6, 6.07) is 0.427. The third kappa shape index (κ3) is 10.4. The molecule has 0 bridgehead atoms. The molecule has 1 amide bonds. The number of hydrogen-bond acceptors (Lipinski definition) is 5. The molecular weight excluding hydrogens is 521 g/mol. The van der Waals surface area contributed by atoms with Crippen molar-refractivity contribution in [1.29, 1.82) is 0 Å². The molecule has 0 aliphatic carbocycles. The van der Waals surface area contributed by atoms with E-state index in [2.05, 4.69) is 36.3 Å². The van der Waals surface area contributed by atoms with Gasteiger partial charge < -0.3 is 25.0 Å². The zero-order valence-electron chi connectivity index (χ0n) is 21.0. The van der Waals surface area contributed by atoms with Crippen LogP contribution in [0.1, 0.15) is 54.4 Å². The van der Waals surface area contributed by atoms with E-state index in [1.54, 1.807) is 0 Å². The zero-order chi connectivity index (χ0) is 22.9. The number of ether oxygens (including phenoxy) is 2. The van der Waals surface area contributed by atoms with E-state index in [0.717, 1.165) is 77.8 Å². The van der Waals surface area contributed by atoms with Crippen LogP contribution in [0.4, 0.5) is 4.79 Å². The van der Waals surface area contributed by atoms with Crippen molar-refractivity contribution in [3.8, 4) is 0 Å². The average Bonchev–Trinajstić information content (AvgIpc) is 2.71. The summed E-state index contributed by atoms with van der Waals surface area (Å²) in [6.45, 7) is 20.0. The summed E-state index contributed by atoms with van der Waals surface area (Å²) in [4.78, 5) is 21.5. The average molecular weight is 568 g/mol. The molecule has 0 saturated carbocycles. The zero-order valence-corrected chi connectivity index (χ0v) is 23.3. The molecule has 2 rings (SSSR count). The maximum atomic E-state index is 12.3. The van der Waals surface area contributed by atoms with E-state index >= 15 is 0 Å². The van der Waals surface area contributed by atoms with Crippen LogP contribution in [0.15, 0.2) is 4.99 Å². The van der Waals surface area contributed by atoms with Crippen LogP contribution in [0.25, 0.3) is 0 Å². The third-order valence-corrected chi connectivity index (χ3v) is 5.89. The summed E-state index contributed by atoms with van der Waals surface area (Å²) in [7, 11) is 0. The van der Waals surface area contributed by atoms with Crippen molar-refractivity contribution in [2.75, 3.05) is 59.0 Å². The minimum Gasteiger partial charge on any atom is -0.444 e. The van der Waals surface area contributed by atoms with Gasteiger partial charge in [-0.15, -0.1) is 24.0 Å². The predicted molar refractivity (Wildman–Crippen MR) is 141 cm³/mol. The van der Waals surface area contributed by atoms with E-state index in [9.17, 15) is 4.79 Å². The third-order valence-electron chi connectivity index (χ3n) is 5.89. The smallest absolute Gasteiger partial charge is 0.410 e. The number of aliphatic imine (C=N–C) groups is 1. The topological polar surface area (TPSA) is 78.4 Å². The molecule has 0 spiro atoms. The lowest BCUT2D eigenvalue weighted by atomic mass is 9.97. The number of guanidine groups is 1. The molecule has 8 nitrogen and oxygen atoms in total. The number of halogens is 1. The van der Waals surface area contributed by atoms with Crippen LogP contribution in [0.2, 0.25) is 0 Å². The van der Waals surface area contributed by atoms with Crippen molar-refractivity contribution in [1.82, 2.24) is 20.4 Å². The van der Waals surface area contributed by atoms with Crippen molar-refractivity contribution in [2.24, 2.45) is 16.8 Å². The number of morpholine rings is 1. The summed E-state index contributed by atoms with van der Waals surface area (Å²) in [6.07, 6.45) is 1.76. The molecule has 2 aliphatic rings. The van der Waals surface area contributed by atoms with Gasteiger partial charge in [-0.3, -0.25) is 9.89 Å². The Kier molecular flexibility index (Phi) is 13.2. The van der Waals surface area contributed by atoms with E-state index in [4.69, 9.17) is 14.5 Å². The first-order valence-electron chi connectivity index (χ1n) is 12.0. The molecule has 2 N–H and O–H groups in total. The molecule has 1 atom stereocenters. The molecule has 0 aromatic heterocycles. The van der Waals surface area contributed by atoms with Crippen LogP contribution in [-0.4, -0.2) is 92.5 Å².